The van der Waals surface area contributed by atoms with Crippen LogP contribution in [0.15, 0.2) is 30.5 Å². The SMILES string of the molecule is CCn1nccc1C(=O)/C=C/c1cc(OC)c(OC)c(OC)c1. The summed E-state index contributed by atoms with van der Waals surface area (Å²) in [6.45, 7) is 2.58. The fourth-order valence-corrected chi connectivity index (χ4v) is 2.25. The maximum absolute atomic E-state index is 12.3. The van der Waals surface area contributed by atoms with E-state index in [0.717, 1.165) is 5.56 Å². The van der Waals surface area contributed by atoms with Gasteiger partial charge in [0.15, 0.2) is 11.5 Å². The van der Waals surface area contributed by atoms with E-state index in [0.29, 0.717) is 29.5 Å². The lowest BCUT2D eigenvalue weighted by atomic mass is 10.1. The Labute approximate surface area is 135 Å². The highest BCUT2D eigenvalue weighted by Crippen LogP contribution is 2.38. The highest BCUT2D eigenvalue weighted by molar-refractivity contribution is 6.05. The molecule has 0 amide bonds. The van der Waals surface area contributed by atoms with E-state index in [4.69, 9.17) is 14.2 Å². The molecule has 0 spiro atoms. The number of carbonyl (C=O) groups excluding carboxylic acids is 1. The third-order valence-corrected chi connectivity index (χ3v) is 3.38. The Hall–Kier alpha value is -2.76. The van der Waals surface area contributed by atoms with Gasteiger partial charge in [-0.2, -0.15) is 5.10 Å². The largest absolute Gasteiger partial charge is 0.493 e. The van der Waals surface area contributed by atoms with E-state index in [9.17, 15) is 4.79 Å². The Morgan fingerprint density at radius 1 is 1.17 bits per heavy atom. The zero-order valence-corrected chi connectivity index (χ0v) is 13.7. The molecule has 0 saturated heterocycles. The molecular formula is C17H20N2O4. The van der Waals surface area contributed by atoms with Crippen LogP contribution >= 0.6 is 0 Å². The maximum atomic E-state index is 12.3. The van der Waals surface area contributed by atoms with Gasteiger partial charge in [-0.15, -0.1) is 0 Å². The molecule has 1 aromatic carbocycles. The van der Waals surface area contributed by atoms with E-state index in [-0.39, 0.29) is 5.78 Å². The number of nitrogens with zero attached hydrogens (tertiary/aromatic N) is 2. The topological polar surface area (TPSA) is 62.6 Å². The van der Waals surface area contributed by atoms with Crippen molar-refractivity contribution in [3.05, 3.63) is 41.7 Å². The number of carbonyl (C=O) groups is 1. The molecule has 0 saturated carbocycles. The third kappa shape index (κ3) is 3.53. The zero-order valence-electron chi connectivity index (χ0n) is 13.7. The highest BCUT2D eigenvalue weighted by Gasteiger charge is 2.13. The Morgan fingerprint density at radius 3 is 2.35 bits per heavy atom. The fraction of sp³-hybridized carbons (Fsp3) is 0.294. The van der Waals surface area contributed by atoms with Gasteiger partial charge in [-0.3, -0.25) is 9.48 Å². The van der Waals surface area contributed by atoms with Crippen molar-refractivity contribution < 1.29 is 19.0 Å². The monoisotopic (exact) mass is 316 g/mol. The Balaban J connectivity index is 2.30. The first-order valence-corrected chi connectivity index (χ1v) is 7.18. The number of hydrogen-bond acceptors (Lipinski definition) is 5. The third-order valence-electron chi connectivity index (χ3n) is 3.38. The molecule has 6 nitrogen and oxygen atoms in total. The molecule has 0 bridgehead atoms. The molecule has 0 radical (unpaired) electrons. The first-order chi connectivity index (χ1) is 11.1. The van der Waals surface area contributed by atoms with Crippen molar-refractivity contribution >= 4 is 11.9 Å². The second-order valence-electron chi connectivity index (χ2n) is 4.69. The number of benzene rings is 1. The van der Waals surface area contributed by atoms with Crippen LogP contribution in [0.1, 0.15) is 23.0 Å². The summed E-state index contributed by atoms with van der Waals surface area (Å²) in [5.74, 6) is 1.48. The molecule has 0 atom stereocenters. The average molecular weight is 316 g/mol. The van der Waals surface area contributed by atoms with Crippen LogP contribution in [0.4, 0.5) is 0 Å². The van der Waals surface area contributed by atoms with E-state index < -0.39 is 0 Å². The van der Waals surface area contributed by atoms with Crippen LogP contribution in [-0.4, -0.2) is 36.9 Å². The minimum Gasteiger partial charge on any atom is -0.493 e. The van der Waals surface area contributed by atoms with Gasteiger partial charge in [-0.05, 0) is 36.8 Å². The van der Waals surface area contributed by atoms with Crippen LogP contribution in [0.3, 0.4) is 0 Å². The summed E-state index contributed by atoms with van der Waals surface area (Å²) in [6.07, 6.45) is 4.83. The van der Waals surface area contributed by atoms with Crippen molar-refractivity contribution in [2.24, 2.45) is 0 Å². The Kier molecular flexibility index (Phi) is 5.41. The molecule has 23 heavy (non-hydrogen) atoms. The van der Waals surface area contributed by atoms with Crippen LogP contribution in [0.25, 0.3) is 6.08 Å². The zero-order chi connectivity index (χ0) is 16.8. The molecule has 6 heteroatoms. The molecule has 1 aromatic heterocycles. The maximum Gasteiger partial charge on any atom is 0.203 e. The van der Waals surface area contributed by atoms with E-state index in [1.807, 2.05) is 6.92 Å². The van der Waals surface area contributed by atoms with Gasteiger partial charge < -0.3 is 14.2 Å². The predicted octanol–water partition coefficient (Wildman–Crippen LogP) is 2.82. The van der Waals surface area contributed by atoms with Gasteiger partial charge in [0.25, 0.3) is 0 Å². The van der Waals surface area contributed by atoms with E-state index >= 15 is 0 Å². The van der Waals surface area contributed by atoms with Crippen molar-refractivity contribution in [2.45, 2.75) is 13.5 Å². The number of methoxy groups -OCH3 is 3. The fourth-order valence-electron chi connectivity index (χ4n) is 2.25. The number of hydrogen-bond donors (Lipinski definition) is 0. The summed E-state index contributed by atoms with van der Waals surface area (Å²) in [6, 6.07) is 5.26. The van der Waals surface area contributed by atoms with E-state index in [2.05, 4.69) is 5.10 Å². The molecule has 2 aromatic rings. The Bertz CT molecular complexity index is 694. The number of aryl methyl sites for hydroxylation is 1. The lowest BCUT2D eigenvalue weighted by Crippen LogP contribution is -2.07. The van der Waals surface area contributed by atoms with Crippen LogP contribution in [0.2, 0.25) is 0 Å². The summed E-state index contributed by atoms with van der Waals surface area (Å²) >= 11 is 0. The lowest BCUT2D eigenvalue weighted by molar-refractivity contribution is 0.103. The number of rotatable bonds is 7. The smallest absolute Gasteiger partial charge is 0.203 e. The number of aromatic nitrogens is 2. The minimum atomic E-state index is -0.113. The van der Waals surface area contributed by atoms with Gasteiger partial charge in [-0.1, -0.05) is 6.08 Å². The second kappa shape index (κ2) is 7.49. The summed E-state index contributed by atoms with van der Waals surface area (Å²) in [5.41, 5.74) is 1.33. The minimum absolute atomic E-state index is 0.113. The Morgan fingerprint density at radius 2 is 1.83 bits per heavy atom. The molecule has 122 valence electrons. The number of ketones is 1. The van der Waals surface area contributed by atoms with Crippen molar-refractivity contribution in [1.29, 1.82) is 0 Å². The molecule has 0 aliphatic heterocycles. The lowest BCUT2D eigenvalue weighted by Gasteiger charge is -2.12. The molecule has 0 aliphatic carbocycles. The van der Waals surface area contributed by atoms with Gasteiger partial charge in [0, 0.05) is 12.7 Å². The van der Waals surface area contributed by atoms with Gasteiger partial charge in [0.2, 0.25) is 11.5 Å². The molecule has 0 unspecified atom stereocenters. The molecule has 0 fully saturated rings. The van der Waals surface area contributed by atoms with Crippen molar-refractivity contribution in [2.75, 3.05) is 21.3 Å². The highest BCUT2D eigenvalue weighted by atomic mass is 16.5. The van der Waals surface area contributed by atoms with Crippen LogP contribution in [0, 0.1) is 0 Å². The van der Waals surface area contributed by atoms with Crippen LogP contribution in [-0.2, 0) is 6.54 Å². The van der Waals surface area contributed by atoms with Gasteiger partial charge in [0.05, 0.1) is 21.3 Å². The summed E-state index contributed by atoms with van der Waals surface area (Å²) in [5, 5.41) is 4.09. The molecule has 1 heterocycles. The van der Waals surface area contributed by atoms with E-state index in [1.165, 1.54) is 6.08 Å². The van der Waals surface area contributed by atoms with Crippen molar-refractivity contribution in [3.63, 3.8) is 0 Å². The quantitative estimate of drug-likeness (QED) is 0.580. The van der Waals surface area contributed by atoms with Gasteiger partial charge in [0.1, 0.15) is 5.69 Å². The molecular weight excluding hydrogens is 296 g/mol. The van der Waals surface area contributed by atoms with Gasteiger partial charge >= 0.3 is 0 Å². The summed E-state index contributed by atoms with van der Waals surface area (Å²) in [4.78, 5) is 12.3. The van der Waals surface area contributed by atoms with Crippen molar-refractivity contribution in [1.82, 2.24) is 9.78 Å². The van der Waals surface area contributed by atoms with Crippen LogP contribution in [0.5, 0.6) is 17.2 Å². The normalized spacial score (nSPS) is 10.8. The van der Waals surface area contributed by atoms with Gasteiger partial charge in [-0.25, -0.2) is 0 Å². The number of allylic oxidation sites excluding steroid dienone is 1. The van der Waals surface area contributed by atoms with E-state index in [1.54, 1.807) is 56.5 Å². The molecule has 0 N–H and O–H groups in total. The molecule has 2 rings (SSSR count). The number of ether oxygens (including phenoxy) is 3. The first kappa shape index (κ1) is 16.6. The summed E-state index contributed by atoms with van der Waals surface area (Å²) < 4.78 is 17.5. The average Bonchev–Trinajstić information content (AvgIpc) is 3.07. The predicted molar refractivity (Wildman–Crippen MR) is 87.4 cm³/mol. The van der Waals surface area contributed by atoms with Crippen molar-refractivity contribution in [3.8, 4) is 17.2 Å². The first-order valence-electron chi connectivity index (χ1n) is 7.18. The summed E-state index contributed by atoms with van der Waals surface area (Å²) in [7, 11) is 4.65. The standard InChI is InChI=1S/C17H20N2O4/c1-5-19-13(8-9-18-19)14(20)7-6-12-10-15(21-2)17(23-4)16(11-12)22-3/h6-11H,5H2,1-4H3/b7-6+. The second-order valence-corrected chi connectivity index (χ2v) is 4.69. The van der Waals surface area contributed by atoms with Crippen LogP contribution < -0.4 is 14.2 Å². The molecule has 0 aliphatic rings.